The van der Waals surface area contributed by atoms with Gasteiger partial charge in [-0.1, -0.05) is 0 Å². The van der Waals surface area contributed by atoms with E-state index in [1.54, 1.807) is 0 Å². The van der Waals surface area contributed by atoms with Crippen LogP contribution in [0.2, 0.25) is 0 Å². The minimum absolute atomic E-state index is 0.212. The summed E-state index contributed by atoms with van der Waals surface area (Å²) in [6.45, 7) is 6.53. The van der Waals surface area contributed by atoms with E-state index in [1.165, 1.54) is 0 Å². The van der Waals surface area contributed by atoms with Crippen molar-refractivity contribution in [2.75, 3.05) is 19.6 Å². The summed E-state index contributed by atoms with van der Waals surface area (Å²) in [6.07, 6.45) is 0.875. The van der Waals surface area contributed by atoms with Crippen molar-refractivity contribution in [1.82, 2.24) is 4.90 Å². The fourth-order valence-electron chi connectivity index (χ4n) is 1.60. The smallest absolute Gasteiger partial charge is 0.0758 e. The van der Waals surface area contributed by atoms with Crippen LogP contribution in [0.3, 0.4) is 0 Å². The molecule has 66 valence electrons. The van der Waals surface area contributed by atoms with Gasteiger partial charge in [0.15, 0.2) is 0 Å². The van der Waals surface area contributed by atoms with E-state index in [9.17, 15) is 5.11 Å². The van der Waals surface area contributed by atoms with Crippen molar-refractivity contribution in [1.29, 1.82) is 0 Å². The Kier molecular flexibility index (Phi) is 2.52. The third-order valence-electron chi connectivity index (χ3n) is 2.08. The molecular formula is C8H18N2O. The van der Waals surface area contributed by atoms with Gasteiger partial charge in [-0.3, -0.25) is 4.90 Å². The summed E-state index contributed by atoms with van der Waals surface area (Å²) in [5.74, 6) is 0. The van der Waals surface area contributed by atoms with Gasteiger partial charge in [-0.25, -0.2) is 0 Å². The summed E-state index contributed by atoms with van der Waals surface area (Å²) >= 11 is 0. The van der Waals surface area contributed by atoms with Crippen LogP contribution in [0.4, 0.5) is 0 Å². The molecule has 0 aromatic heterocycles. The van der Waals surface area contributed by atoms with Crippen molar-refractivity contribution >= 4 is 0 Å². The van der Waals surface area contributed by atoms with Crippen LogP contribution in [0.5, 0.6) is 0 Å². The zero-order valence-electron chi connectivity index (χ0n) is 7.38. The monoisotopic (exact) mass is 158 g/mol. The average molecular weight is 158 g/mol. The first-order chi connectivity index (χ1) is 4.99. The fourth-order valence-corrected chi connectivity index (χ4v) is 1.60. The van der Waals surface area contributed by atoms with Crippen LogP contribution < -0.4 is 5.73 Å². The molecule has 11 heavy (non-hydrogen) atoms. The summed E-state index contributed by atoms with van der Waals surface area (Å²) in [5, 5.41) is 9.60. The summed E-state index contributed by atoms with van der Waals surface area (Å²) < 4.78 is 0. The molecule has 3 nitrogen and oxygen atoms in total. The van der Waals surface area contributed by atoms with Gasteiger partial charge in [-0.2, -0.15) is 0 Å². The second-order valence-corrected chi connectivity index (χ2v) is 3.96. The molecule has 0 aromatic rings. The number of hydrogen-bond donors (Lipinski definition) is 2. The van der Waals surface area contributed by atoms with Gasteiger partial charge in [0.2, 0.25) is 0 Å². The summed E-state index contributed by atoms with van der Waals surface area (Å²) in [4.78, 5) is 2.21. The largest absolute Gasteiger partial charge is 0.389 e. The van der Waals surface area contributed by atoms with Gasteiger partial charge in [-0.05, 0) is 20.3 Å². The Bertz CT molecular complexity index is 134. The Balaban J connectivity index is 2.31. The first-order valence-corrected chi connectivity index (χ1v) is 4.20. The van der Waals surface area contributed by atoms with E-state index in [2.05, 4.69) is 4.90 Å². The molecule has 2 atom stereocenters. The molecule has 1 saturated heterocycles. The van der Waals surface area contributed by atoms with Crippen molar-refractivity contribution in [3.8, 4) is 0 Å². The molecule has 1 fully saturated rings. The van der Waals surface area contributed by atoms with E-state index >= 15 is 0 Å². The quantitative estimate of drug-likeness (QED) is 0.584. The number of nitrogens with two attached hydrogens (primary N) is 1. The number of β-amino-alcohol motifs (C(OH)–C–C–N with tert-alkyl or cyclic N) is 1. The minimum atomic E-state index is -0.477. The van der Waals surface area contributed by atoms with Crippen LogP contribution in [-0.2, 0) is 0 Å². The molecule has 1 heterocycles. The Morgan fingerprint density at radius 2 is 2.36 bits per heavy atom. The maximum absolute atomic E-state index is 9.60. The zero-order valence-corrected chi connectivity index (χ0v) is 7.38. The highest BCUT2D eigenvalue weighted by atomic mass is 16.3. The standard InChI is InChI=1S/C8H18N2O/c1-7(9)5-10-4-3-8(2,11)6-10/h7,11H,3-6,9H2,1-2H3/t7-,8+/m0/s1. The lowest BCUT2D eigenvalue weighted by Crippen LogP contribution is -2.36. The maximum atomic E-state index is 9.60. The van der Waals surface area contributed by atoms with Crippen LogP contribution in [0.1, 0.15) is 20.3 Å². The molecule has 0 unspecified atom stereocenters. The van der Waals surface area contributed by atoms with Crippen LogP contribution >= 0.6 is 0 Å². The number of hydrogen-bond acceptors (Lipinski definition) is 3. The highest BCUT2D eigenvalue weighted by Crippen LogP contribution is 2.19. The normalized spacial score (nSPS) is 36.0. The van der Waals surface area contributed by atoms with Gasteiger partial charge in [0, 0.05) is 25.7 Å². The third kappa shape index (κ3) is 2.77. The van der Waals surface area contributed by atoms with Gasteiger partial charge in [0.25, 0.3) is 0 Å². The van der Waals surface area contributed by atoms with Crippen molar-refractivity contribution in [3.05, 3.63) is 0 Å². The summed E-state index contributed by atoms with van der Waals surface area (Å²) in [7, 11) is 0. The predicted octanol–water partition coefficient (Wildman–Crippen LogP) is -0.210. The first-order valence-electron chi connectivity index (χ1n) is 4.20. The topological polar surface area (TPSA) is 49.5 Å². The number of rotatable bonds is 2. The summed E-state index contributed by atoms with van der Waals surface area (Å²) in [6, 6.07) is 0.212. The van der Waals surface area contributed by atoms with E-state index < -0.39 is 5.60 Å². The molecule has 3 N–H and O–H groups in total. The summed E-state index contributed by atoms with van der Waals surface area (Å²) in [5.41, 5.74) is 5.16. The number of likely N-dealkylation sites (tertiary alicyclic amines) is 1. The lowest BCUT2D eigenvalue weighted by molar-refractivity contribution is 0.0683. The van der Waals surface area contributed by atoms with Gasteiger partial charge in [0.05, 0.1) is 5.60 Å². The third-order valence-corrected chi connectivity index (χ3v) is 2.08. The Morgan fingerprint density at radius 3 is 2.73 bits per heavy atom. The molecule has 0 amide bonds. The Morgan fingerprint density at radius 1 is 1.73 bits per heavy atom. The van der Waals surface area contributed by atoms with Gasteiger partial charge < -0.3 is 10.8 Å². The number of nitrogens with zero attached hydrogens (tertiary/aromatic N) is 1. The van der Waals surface area contributed by atoms with E-state index in [0.717, 1.165) is 26.1 Å². The van der Waals surface area contributed by atoms with Crippen LogP contribution in [0.15, 0.2) is 0 Å². The van der Waals surface area contributed by atoms with Crippen LogP contribution in [-0.4, -0.2) is 41.3 Å². The molecule has 0 saturated carbocycles. The van der Waals surface area contributed by atoms with Crippen LogP contribution in [0.25, 0.3) is 0 Å². The molecule has 3 heteroatoms. The second kappa shape index (κ2) is 3.09. The number of aliphatic hydroxyl groups is 1. The molecule has 0 radical (unpaired) electrons. The lowest BCUT2D eigenvalue weighted by atomic mass is 10.1. The molecule has 1 rings (SSSR count). The lowest BCUT2D eigenvalue weighted by Gasteiger charge is -2.20. The Hall–Kier alpha value is -0.120. The highest BCUT2D eigenvalue weighted by molar-refractivity contribution is 4.86. The van der Waals surface area contributed by atoms with Gasteiger partial charge in [0.1, 0.15) is 0 Å². The Labute approximate surface area is 68.2 Å². The molecule has 1 aliphatic rings. The maximum Gasteiger partial charge on any atom is 0.0758 e. The van der Waals surface area contributed by atoms with Crippen molar-refractivity contribution in [2.24, 2.45) is 5.73 Å². The van der Waals surface area contributed by atoms with E-state index in [1.807, 2.05) is 13.8 Å². The first kappa shape index (κ1) is 8.97. The molecule has 0 aliphatic carbocycles. The van der Waals surface area contributed by atoms with E-state index in [0.29, 0.717) is 0 Å². The van der Waals surface area contributed by atoms with E-state index in [-0.39, 0.29) is 6.04 Å². The van der Waals surface area contributed by atoms with Crippen molar-refractivity contribution in [2.45, 2.75) is 31.9 Å². The zero-order chi connectivity index (χ0) is 8.48. The fraction of sp³-hybridized carbons (Fsp3) is 1.00. The van der Waals surface area contributed by atoms with E-state index in [4.69, 9.17) is 5.73 Å². The van der Waals surface area contributed by atoms with Gasteiger partial charge in [-0.15, -0.1) is 0 Å². The SMILES string of the molecule is C[C@H](N)CN1CC[C@@](C)(O)C1. The molecular weight excluding hydrogens is 140 g/mol. The molecule has 0 bridgehead atoms. The van der Waals surface area contributed by atoms with Crippen LogP contribution in [0, 0.1) is 0 Å². The average Bonchev–Trinajstić information content (AvgIpc) is 2.08. The predicted molar refractivity (Wildman–Crippen MR) is 45.3 cm³/mol. The molecule has 0 aromatic carbocycles. The van der Waals surface area contributed by atoms with Gasteiger partial charge >= 0.3 is 0 Å². The molecule has 1 aliphatic heterocycles. The second-order valence-electron chi connectivity index (χ2n) is 3.96. The van der Waals surface area contributed by atoms with Crippen molar-refractivity contribution in [3.63, 3.8) is 0 Å². The van der Waals surface area contributed by atoms with Crippen molar-refractivity contribution < 1.29 is 5.11 Å². The minimum Gasteiger partial charge on any atom is -0.389 e. The molecule has 0 spiro atoms. The highest BCUT2D eigenvalue weighted by Gasteiger charge is 2.31.